The number of anilines is 1. The van der Waals surface area contributed by atoms with Crippen LogP contribution in [0, 0.1) is 6.92 Å². The fourth-order valence-electron chi connectivity index (χ4n) is 4.37. The van der Waals surface area contributed by atoms with Crippen LogP contribution in [0.5, 0.6) is 5.75 Å². The molecule has 0 saturated carbocycles. The quantitative estimate of drug-likeness (QED) is 0.580. The summed E-state index contributed by atoms with van der Waals surface area (Å²) >= 11 is 2.98. The zero-order chi connectivity index (χ0) is 21.6. The maximum atomic E-state index is 14.0. The number of fused-ring (bicyclic) bond motifs is 2. The SMILES string of the molecule is COc1cccc(CN2C(=O)C3(SCCN3C(=O)c3cccs3)c3cc(C)ccc32)c1. The van der Waals surface area contributed by atoms with Gasteiger partial charge in [-0.3, -0.25) is 9.59 Å². The van der Waals surface area contributed by atoms with Crippen LogP contribution < -0.4 is 9.64 Å². The molecule has 0 N–H and O–H groups in total. The zero-order valence-corrected chi connectivity index (χ0v) is 19.0. The molecule has 5 nitrogen and oxygen atoms in total. The van der Waals surface area contributed by atoms with Gasteiger partial charge in [0.15, 0.2) is 4.87 Å². The fraction of sp³-hybridized carbons (Fsp3) is 0.250. The van der Waals surface area contributed by atoms with Crippen LogP contribution in [-0.2, 0) is 16.2 Å². The molecular formula is C24H22N2O3S2. The van der Waals surface area contributed by atoms with Crippen molar-refractivity contribution in [1.82, 2.24) is 4.90 Å². The van der Waals surface area contributed by atoms with Crippen molar-refractivity contribution in [2.24, 2.45) is 0 Å². The van der Waals surface area contributed by atoms with E-state index in [0.717, 1.165) is 33.9 Å². The number of rotatable bonds is 4. The minimum atomic E-state index is -1.01. The number of hydrogen-bond acceptors (Lipinski definition) is 5. The molecule has 1 atom stereocenters. The molecule has 7 heteroatoms. The molecule has 0 aliphatic carbocycles. The molecule has 1 fully saturated rings. The van der Waals surface area contributed by atoms with Gasteiger partial charge in [0.1, 0.15) is 5.75 Å². The normalized spacial score (nSPS) is 19.9. The highest BCUT2D eigenvalue weighted by molar-refractivity contribution is 8.01. The van der Waals surface area contributed by atoms with Crippen molar-refractivity contribution in [2.45, 2.75) is 18.3 Å². The first kappa shape index (κ1) is 20.2. The van der Waals surface area contributed by atoms with E-state index in [1.54, 1.807) is 23.8 Å². The number of amides is 2. The van der Waals surface area contributed by atoms with Crippen LogP contribution in [0.4, 0.5) is 5.69 Å². The van der Waals surface area contributed by atoms with E-state index in [2.05, 4.69) is 6.07 Å². The van der Waals surface area contributed by atoms with Gasteiger partial charge in [-0.15, -0.1) is 23.1 Å². The van der Waals surface area contributed by atoms with E-state index < -0.39 is 4.87 Å². The Morgan fingerprint density at radius 1 is 1.16 bits per heavy atom. The third kappa shape index (κ3) is 3.15. The molecule has 1 aromatic heterocycles. The number of methoxy groups -OCH3 is 1. The molecule has 0 bridgehead atoms. The first-order chi connectivity index (χ1) is 15.0. The first-order valence-electron chi connectivity index (χ1n) is 10.1. The van der Waals surface area contributed by atoms with Crippen LogP contribution in [0.3, 0.4) is 0 Å². The summed E-state index contributed by atoms with van der Waals surface area (Å²) in [5, 5.41) is 1.90. The van der Waals surface area contributed by atoms with E-state index in [9.17, 15) is 9.59 Å². The highest BCUT2D eigenvalue weighted by atomic mass is 32.2. The predicted molar refractivity (Wildman–Crippen MR) is 125 cm³/mol. The first-order valence-corrected chi connectivity index (χ1v) is 12.0. The summed E-state index contributed by atoms with van der Waals surface area (Å²) in [7, 11) is 1.64. The lowest BCUT2D eigenvalue weighted by Crippen LogP contribution is -2.50. The van der Waals surface area contributed by atoms with Crippen molar-refractivity contribution in [3.05, 3.63) is 81.5 Å². The summed E-state index contributed by atoms with van der Waals surface area (Å²) in [6.07, 6.45) is 0. The summed E-state index contributed by atoms with van der Waals surface area (Å²) in [4.78, 5) is 30.7. The monoisotopic (exact) mass is 450 g/mol. The van der Waals surface area contributed by atoms with Crippen molar-refractivity contribution < 1.29 is 14.3 Å². The molecule has 3 heterocycles. The Morgan fingerprint density at radius 3 is 2.81 bits per heavy atom. The van der Waals surface area contributed by atoms with E-state index in [4.69, 9.17) is 4.74 Å². The van der Waals surface area contributed by atoms with Gasteiger partial charge in [0.05, 0.1) is 24.2 Å². The number of thioether (sulfide) groups is 1. The Balaban J connectivity index is 1.59. The highest BCUT2D eigenvalue weighted by Crippen LogP contribution is 2.55. The van der Waals surface area contributed by atoms with Gasteiger partial charge in [-0.2, -0.15) is 0 Å². The Bertz CT molecular complexity index is 1160. The second-order valence-electron chi connectivity index (χ2n) is 7.69. The molecule has 1 spiro atoms. The number of carbonyl (C=O) groups excluding carboxylic acids is 2. The minimum Gasteiger partial charge on any atom is -0.497 e. The molecule has 2 aliphatic rings. The minimum absolute atomic E-state index is 0.0525. The average Bonchev–Trinajstić information content (AvgIpc) is 3.51. The lowest BCUT2D eigenvalue weighted by Gasteiger charge is -2.33. The summed E-state index contributed by atoms with van der Waals surface area (Å²) in [5.74, 6) is 1.35. The Kier molecular flexibility index (Phi) is 5.02. The summed E-state index contributed by atoms with van der Waals surface area (Å²) < 4.78 is 5.36. The maximum Gasteiger partial charge on any atom is 0.268 e. The Labute approximate surface area is 189 Å². The van der Waals surface area contributed by atoms with Crippen LogP contribution in [0.25, 0.3) is 0 Å². The fourth-order valence-corrected chi connectivity index (χ4v) is 6.50. The molecule has 1 unspecified atom stereocenters. The predicted octanol–water partition coefficient (Wildman–Crippen LogP) is 4.65. The van der Waals surface area contributed by atoms with Crippen molar-refractivity contribution in [1.29, 1.82) is 0 Å². The van der Waals surface area contributed by atoms with Crippen molar-refractivity contribution >= 4 is 40.6 Å². The number of thiophene rings is 1. The lowest BCUT2D eigenvalue weighted by atomic mass is 10.0. The van der Waals surface area contributed by atoms with Gasteiger partial charge in [0.25, 0.3) is 11.8 Å². The zero-order valence-electron chi connectivity index (χ0n) is 17.3. The lowest BCUT2D eigenvalue weighted by molar-refractivity contribution is -0.123. The average molecular weight is 451 g/mol. The number of carbonyl (C=O) groups is 2. The maximum absolute atomic E-state index is 14.0. The molecule has 2 amide bonds. The Hall–Kier alpha value is -2.77. The molecule has 31 heavy (non-hydrogen) atoms. The van der Waals surface area contributed by atoms with Gasteiger partial charge in [-0.25, -0.2) is 0 Å². The van der Waals surface area contributed by atoms with Crippen LogP contribution in [0.15, 0.2) is 60.0 Å². The van der Waals surface area contributed by atoms with Gasteiger partial charge < -0.3 is 14.5 Å². The number of ether oxygens (including phenoxy) is 1. The topological polar surface area (TPSA) is 49.9 Å². The van der Waals surface area contributed by atoms with E-state index in [-0.39, 0.29) is 11.8 Å². The van der Waals surface area contributed by atoms with Gasteiger partial charge in [0, 0.05) is 17.9 Å². The number of hydrogen-bond donors (Lipinski definition) is 0. The molecule has 0 radical (unpaired) electrons. The van der Waals surface area contributed by atoms with Crippen LogP contribution in [-0.4, -0.2) is 36.1 Å². The van der Waals surface area contributed by atoms with Crippen molar-refractivity contribution in [2.75, 3.05) is 24.3 Å². The van der Waals surface area contributed by atoms with Gasteiger partial charge in [-0.1, -0.05) is 35.9 Å². The Morgan fingerprint density at radius 2 is 2.03 bits per heavy atom. The molecular weight excluding hydrogens is 428 g/mol. The number of nitrogens with zero attached hydrogens (tertiary/aromatic N) is 2. The van der Waals surface area contributed by atoms with Crippen LogP contribution >= 0.6 is 23.1 Å². The largest absolute Gasteiger partial charge is 0.497 e. The van der Waals surface area contributed by atoms with E-state index in [0.29, 0.717) is 18.0 Å². The standard InChI is InChI=1S/C24H22N2O3S2/c1-16-8-9-20-19(13-16)24(26(10-12-31-24)22(27)21-7-4-11-30-21)23(28)25(20)15-17-5-3-6-18(14-17)29-2/h3-9,11,13-14H,10,12,15H2,1-2H3. The molecule has 2 aliphatic heterocycles. The second kappa shape index (κ2) is 7.73. The highest BCUT2D eigenvalue weighted by Gasteiger charge is 2.59. The van der Waals surface area contributed by atoms with Gasteiger partial charge >= 0.3 is 0 Å². The van der Waals surface area contributed by atoms with E-state index in [1.165, 1.54) is 11.3 Å². The summed E-state index contributed by atoms with van der Waals surface area (Å²) in [5.41, 5.74) is 3.84. The third-order valence-electron chi connectivity index (χ3n) is 5.80. The van der Waals surface area contributed by atoms with Crippen molar-refractivity contribution in [3.8, 4) is 5.75 Å². The van der Waals surface area contributed by atoms with E-state index >= 15 is 0 Å². The summed E-state index contributed by atoms with van der Waals surface area (Å²) in [6, 6.07) is 17.5. The molecule has 5 rings (SSSR count). The van der Waals surface area contributed by atoms with Crippen molar-refractivity contribution in [3.63, 3.8) is 0 Å². The summed E-state index contributed by atoms with van der Waals surface area (Å²) in [6.45, 7) is 3.00. The van der Waals surface area contributed by atoms with E-state index in [1.807, 2.05) is 65.7 Å². The van der Waals surface area contributed by atoms with Gasteiger partial charge in [0.2, 0.25) is 0 Å². The van der Waals surface area contributed by atoms with Gasteiger partial charge in [-0.05, 0) is 42.1 Å². The molecule has 1 saturated heterocycles. The molecule has 158 valence electrons. The molecule has 3 aromatic rings. The molecule has 2 aromatic carbocycles. The number of aryl methyl sites for hydroxylation is 1. The van der Waals surface area contributed by atoms with Crippen LogP contribution in [0.2, 0.25) is 0 Å². The third-order valence-corrected chi connectivity index (χ3v) is 8.08. The second-order valence-corrected chi connectivity index (χ2v) is 9.93. The smallest absolute Gasteiger partial charge is 0.268 e. The number of benzene rings is 2. The van der Waals surface area contributed by atoms with Crippen LogP contribution in [0.1, 0.15) is 26.4 Å².